The normalized spacial score (nSPS) is 12.3. The van der Waals surface area contributed by atoms with Crippen LogP contribution in [-0.4, -0.2) is 57.7 Å². The second-order valence-electron chi connectivity index (χ2n) is 9.81. The molecule has 0 radical (unpaired) electrons. The summed E-state index contributed by atoms with van der Waals surface area (Å²) in [5.41, 5.74) is -3.54. The van der Waals surface area contributed by atoms with Crippen molar-refractivity contribution in [2.75, 3.05) is 28.6 Å². The van der Waals surface area contributed by atoms with E-state index in [-0.39, 0.29) is 20.6 Å². The van der Waals surface area contributed by atoms with Crippen molar-refractivity contribution in [1.29, 1.82) is 0 Å². The standard InChI is InChI=1S/C24H28ClF3N2O9S2/c1-14-19(23(31)32)18(29(33)34)13-15(24(2,3)4)21(14)39-22-16(28)7-8-17(20(22)25)30(40(35,36)11-5-9-26)41(37,38)12-6-10-27/h7-8,13H,5-6,9-12H2,1-4H3,(H,31,32). The minimum absolute atomic E-state index is 0.0514. The second kappa shape index (κ2) is 12.8. The number of hydrogen-bond donors (Lipinski definition) is 1. The third-order valence-electron chi connectivity index (χ3n) is 5.72. The van der Waals surface area contributed by atoms with Crippen molar-refractivity contribution in [2.45, 2.75) is 46.0 Å². The Morgan fingerprint density at radius 1 is 1.07 bits per heavy atom. The topological polar surface area (TPSA) is 161 Å². The molecule has 2 aromatic carbocycles. The molecule has 0 amide bonds. The first-order valence-corrected chi connectivity index (χ1v) is 15.5. The first-order chi connectivity index (χ1) is 18.8. The fourth-order valence-electron chi connectivity index (χ4n) is 3.86. The fourth-order valence-corrected chi connectivity index (χ4v) is 8.25. The van der Waals surface area contributed by atoms with Crippen LogP contribution in [0.2, 0.25) is 5.02 Å². The number of halogens is 4. The Hall–Kier alpha value is -3.11. The Morgan fingerprint density at radius 2 is 1.59 bits per heavy atom. The van der Waals surface area contributed by atoms with Gasteiger partial charge in [-0.15, -0.1) is 0 Å². The molecule has 0 fully saturated rings. The van der Waals surface area contributed by atoms with E-state index in [1.807, 2.05) is 0 Å². The van der Waals surface area contributed by atoms with Gasteiger partial charge in [0.25, 0.3) is 5.69 Å². The van der Waals surface area contributed by atoms with E-state index in [0.717, 1.165) is 12.1 Å². The molecule has 0 aromatic heterocycles. The molecule has 0 spiro atoms. The zero-order valence-corrected chi connectivity index (χ0v) is 24.8. The van der Waals surface area contributed by atoms with Gasteiger partial charge < -0.3 is 9.84 Å². The van der Waals surface area contributed by atoms with Crippen molar-refractivity contribution in [1.82, 2.24) is 0 Å². The molecule has 1 N–H and O–H groups in total. The third-order valence-corrected chi connectivity index (χ3v) is 10.5. The summed E-state index contributed by atoms with van der Waals surface area (Å²) in [5.74, 6) is -6.17. The summed E-state index contributed by atoms with van der Waals surface area (Å²) in [7, 11) is -9.71. The van der Waals surface area contributed by atoms with Crippen LogP contribution in [0.3, 0.4) is 0 Å². The molecule has 17 heteroatoms. The van der Waals surface area contributed by atoms with E-state index < -0.39 is 108 Å². The smallest absolute Gasteiger partial charge is 0.343 e. The summed E-state index contributed by atoms with van der Waals surface area (Å²) in [6.07, 6.45) is -1.18. The van der Waals surface area contributed by atoms with E-state index in [9.17, 15) is 45.6 Å². The number of carboxylic acids is 1. The van der Waals surface area contributed by atoms with Gasteiger partial charge >= 0.3 is 5.97 Å². The van der Waals surface area contributed by atoms with Gasteiger partial charge in [-0.2, -0.15) is 3.71 Å². The SMILES string of the molecule is Cc1c(Oc2c(F)ccc(N(S(=O)(=O)CCCF)S(=O)(=O)CCCF)c2Cl)c(C(C)(C)C)cc([N+](=O)[O-])c1C(=O)O. The lowest BCUT2D eigenvalue weighted by atomic mass is 9.83. The van der Waals surface area contributed by atoms with Crippen LogP contribution in [0.1, 0.15) is 55.1 Å². The second-order valence-corrected chi connectivity index (χ2v) is 14.3. The molecule has 0 aliphatic heterocycles. The summed E-state index contributed by atoms with van der Waals surface area (Å²) in [6.45, 7) is 3.76. The number of nitro groups is 1. The molecule has 0 heterocycles. The summed E-state index contributed by atoms with van der Waals surface area (Å²) < 4.78 is 98.5. The Labute approximate surface area is 240 Å². The van der Waals surface area contributed by atoms with Crippen molar-refractivity contribution in [3.8, 4) is 11.5 Å². The van der Waals surface area contributed by atoms with Gasteiger partial charge in [0.2, 0.25) is 20.0 Å². The molecule has 0 atom stereocenters. The monoisotopic (exact) mass is 644 g/mol. The fraction of sp³-hybridized carbons (Fsp3) is 0.458. The number of benzene rings is 2. The first kappa shape index (κ1) is 34.1. The van der Waals surface area contributed by atoms with Crippen LogP contribution < -0.4 is 8.45 Å². The summed E-state index contributed by atoms with van der Waals surface area (Å²) >= 11 is 6.33. The molecular weight excluding hydrogens is 617 g/mol. The summed E-state index contributed by atoms with van der Waals surface area (Å²) in [6, 6.07) is 2.30. The van der Waals surface area contributed by atoms with Gasteiger partial charge in [-0.05, 0) is 37.3 Å². The highest BCUT2D eigenvalue weighted by Gasteiger charge is 2.38. The quantitative estimate of drug-likeness (QED) is 0.214. The highest BCUT2D eigenvalue weighted by Crippen LogP contribution is 2.46. The number of carboxylic acid groups (broad SMARTS) is 1. The van der Waals surface area contributed by atoms with Crippen molar-refractivity contribution in [3.05, 3.63) is 55.8 Å². The first-order valence-electron chi connectivity index (χ1n) is 11.9. The maximum absolute atomic E-state index is 15.2. The van der Waals surface area contributed by atoms with Crippen LogP contribution in [0.5, 0.6) is 11.5 Å². The van der Waals surface area contributed by atoms with Crippen LogP contribution >= 0.6 is 11.6 Å². The molecule has 11 nitrogen and oxygen atoms in total. The number of alkyl halides is 2. The third kappa shape index (κ3) is 7.40. The molecule has 0 aliphatic rings. The number of carbonyl (C=O) groups is 1. The van der Waals surface area contributed by atoms with Gasteiger partial charge in [-0.3, -0.25) is 18.9 Å². The molecule has 0 saturated heterocycles. The van der Waals surface area contributed by atoms with Crippen molar-refractivity contribution >= 4 is 49.0 Å². The maximum atomic E-state index is 15.2. The van der Waals surface area contributed by atoms with Crippen LogP contribution in [0.4, 0.5) is 24.5 Å². The van der Waals surface area contributed by atoms with Crippen LogP contribution in [0.25, 0.3) is 0 Å². The van der Waals surface area contributed by atoms with Gasteiger partial charge in [0.15, 0.2) is 11.6 Å². The molecule has 2 rings (SSSR count). The van der Waals surface area contributed by atoms with E-state index in [1.54, 1.807) is 20.8 Å². The predicted octanol–water partition coefficient (Wildman–Crippen LogP) is 5.67. The number of nitrogens with zero attached hydrogens (tertiary/aromatic N) is 2. The Kier molecular flexibility index (Phi) is 10.7. The number of rotatable bonds is 13. The largest absolute Gasteiger partial charge is 0.477 e. The molecule has 0 aliphatic carbocycles. The van der Waals surface area contributed by atoms with E-state index >= 15 is 4.39 Å². The van der Waals surface area contributed by atoms with E-state index in [1.165, 1.54) is 6.92 Å². The highest BCUT2D eigenvalue weighted by molar-refractivity contribution is 8.10. The van der Waals surface area contributed by atoms with Crippen molar-refractivity contribution < 1.29 is 49.6 Å². The molecule has 2 aromatic rings. The van der Waals surface area contributed by atoms with E-state index in [4.69, 9.17) is 16.3 Å². The maximum Gasteiger partial charge on any atom is 0.343 e. The average Bonchev–Trinajstić information content (AvgIpc) is 2.84. The molecule has 0 saturated carbocycles. The van der Waals surface area contributed by atoms with Gasteiger partial charge in [0.05, 0.1) is 35.5 Å². The predicted molar refractivity (Wildman–Crippen MR) is 146 cm³/mol. The Bertz CT molecular complexity index is 1520. The minimum Gasteiger partial charge on any atom is -0.477 e. The molecular formula is C24H28ClF3N2O9S2. The number of aromatic carboxylic acids is 1. The van der Waals surface area contributed by atoms with Crippen molar-refractivity contribution in [3.63, 3.8) is 0 Å². The van der Waals surface area contributed by atoms with E-state index in [2.05, 4.69) is 0 Å². The van der Waals surface area contributed by atoms with Gasteiger partial charge in [0, 0.05) is 17.2 Å². The van der Waals surface area contributed by atoms with Gasteiger partial charge in [-0.1, -0.05) is 32.4 Å². The summed E-state index contributed by atoms with van der Waals surface area (Å²) in [4.78, 5) is 22.7. The zero-order chi connectivity index (χ0) is 31.5. The molecule has 0 bridgehead atoms. The highest BCUT2D eigenvalue weighted by atomic mass is 35.5. The number of sulfonamides is 2. The average molecular weight is 645 g/mol. The molecule has 228 valence electrons. The lowest BCUT2D eigenvalue weighted by Gasteiger charge is -2.27. The zero-order valence-electron chi connectivity index (χ0n) is 22.4. The number of anilines is 1. The summed E-state index contributed by atoms with van der Waals surface area (Å²) in [5, 5.41) is 20.4. The van der Waals surface area contributed by atoms with Crippen LogP contribution in [-0.2, 0) is 25.5 Å². The Balaban J connectivity index is 2.93. The minimum atomic E-state index is -4.86. The lowest BCUT2D eigenvalue weighted by molar-refractivity contribution is -0.385. The van der Waals surface area contributed by atoms with E-state index in [0.29, 0.717) is 6.07 Å². The number of nitro benzene ring substituents is 1. The van der Waals surface area contributed by atoms with Gasteiger partial charge in [0.1, 0.15) is 16.3 Å². The Morgan fingerprint density at radius 3 is 2.00 bits per heavy atom. The number of hydrogen-bond acceptors (Lipinski definition) is 8. The molecule has 41 heavy (non-hydrogen) atoms. The molecule has 0 unspecified atom stereocenters. The van der Waals surface area contributed by atoms with Crippen LogP contribution in [0.15, 0.2) is 18.2 Å². The van der Waals surface area contributed by atoms with Crippen LogP contribution in [0, 0.1) is 22.9 Å². The lowest BCUT2D eigenvalue weighted by Crippen LogP contribution is -2.40. The number of ether oxygens (including phenoxy) is 1. The van der Waals surface area contributed by atoms with Gasteiger partial charge in [-0.25, -0.2) is 26.0 Å². The van der Waals surface area contributed by atoms with Crippen molar-refractivity contribution in [2.24, 2.45) is 0 Å².